The van der Waals surface area contributed by atoms with Gasteiger partial charge in [-0.1, -0.05) is 18.2 Å². The summed E-state index contributed by atoms with van der Waals surface area (Å²) in [6, 6.07) is 13.9. The Labute approximate surface area is 144 Å². The number of hydrogen-bond donors (Lipinski definition) is 1. The van der Waals surface area contributed by atoms with E-state index in [1.807, 2.05) is 18.2 Å². The van der Waals surface area contributed by atoms with Crippen LogP contribution in [0.2, 0.25) is 0 Å². The van der Waals surface area contributed by atoms with Gasteiger partial charge in [-0.25, -0.2) is 0 Å². The molecule has 128 valence electrons. The van der Waals surface area contributed by atoms with E-state index in [0.29, 0.717) is 12.4 Å². The summed E-state index contributed by atoms with van der Waals surface area (Å²) in [7, 11) is 0. The van der Waals surface area contributed by atoms with Gasteiger partial charge in [0.1, 0.15) is 18.1 Å². The van der Waals surface area contributed by atoms with Crippen LogP contribution in [0, 0.1) is 13.8 Å². The summed E-state index contributed by atoms with van der Waals surface area (Å²) in [6.07, 6.45) is 0. The molecule has 0 spiro atoms. The first kappa shape index (κ1) is 16.7. The van der Waals surface area contributed by atoms with Crippen LogP contribution in [0.25, 0.3) is 0 Å². The average molecular weight is 326 g/mol. The van der Waals surface area contributed by atoms with Gasteiger partial charge in [0, 0.05) is 32.7 Å². The smallest absolute Gasteiger partial charge is 0.138 e. The van der Waals surface area contributed by atoms with Crippen molar-refractivity contribution < 1.29 is 9.84 Å². The molecule has 0 aromatic heterocycles. The fourth-order valence-electron chi connectivity index (χ4n) is 3.25. The van der Waals surface area contributed by atoms with Gasteiger partial charge in [-0.15, -0.1) is 0 Å². The first-order valence-electron chi connectivity index (χ1n) is 8.58. The summed E-state index contributed by atoms with van der Waals surface area (Å²) in [6.45, 7) is 9.68. The molecular weight excluding hydrogens is 300 g/mol. The van der Waals surface area contributed by atoms with Crippen molar-refractivity contribution in [2.75, 3.05) is 44.2 Å². The molecule has 0 atom stereocenters. The number of para-hydroxylation sites is 2. The zero-order chi connectivity index (χ0) is 16.9. The van der Waals surface area contributed by atoms with Crippen molar-refractivity contribution in [2.45, 2.75) is 13.8 Å². The SMILES string of the molecule is Cc1cc(C)cc(OCCN2CCN(c3ccccc3O)CC2)c1. The second-order valence-electron chi connectivity index (χ2n) is 6.49. The summed E-state index contributed by atoms with van der Waals surface area (Å²) in [5, 5.41) is 9.97. The fourth-order valence-corrected chi connectivity index (χ4v) is 3.25. The van der Waals surface area contributed by atoms with Crippen LogP contribution in [0.1, 0.15) is 11.1 Å². The van der Waals surface area contributed by atoms with Gasteiger partial charge in [0.15, 0.2) is 0 Å². The Morgan fingerprint density at radius 3 is 2.29 bits per heavy atom. The minimum absolute atomic E-state index is 0.365. The Kier molecular flexibility index (Phi) is 5.26. The number of anilines is 1. The summed E-state index contributed by atoms with van der Waals surface area (Å²) in [4.78, 5) is 4.66. The molecule has 1 aliphatic rings. The third-order valence-corrected chi connectivity index (χ3v) is 4.47. The molecule has 0 aliphatic carbocycles. The molecule has 0 radical (unpaired) electrons. The van der Waals surface area contributed by atoms with Gasteiger partial charge in [-0.2, -0.15) is 0 Å². The summed E-state index contributed by atoms with van der Waals surface area (Å²) in [5.74, 6) is 1.32. The Morgan fingerprint density at radius 2 is 1.62 bits per heavy atom. The lowest BCUT2D eigenvalue weighted by atomic mass is 10.1. The molecular formula is C20H26N2O2. The van der Waals surface area contributed by atoms with Crippen LogP contribution in [0.5, 0.6) is 11.5 Å². The first-order valence-corrected chi connectivity index (χ1v) is 8.58. The topological polar surface area (TPSA) is 35.9 Å². The van der Waals surface area contributed by atoms with Crippen molar-refractivity contribution in [3.8, 4) is 11.5 Å². The Balaban J connectivity index is 1.45. The van der Waals surface area contributed by atoms with E-state index in [1.54, 1.807) is 6.07 Å². The molecule has 0 bridgehead atoms. The molecule has 4 nitrogen and oxygen atoms in total. The number of benzene rings is 2. The molecule has 0 saturated carbocycles. The van der Waals surface area contributed by atoms with Crippen molar-refractivity contribution in [1.82, 2.24) is 4.90 Å². The number of phenolic OH excluding ortho intramolecular Hbond substituents is 1. The maximum absolute atomic E-state index is 9.97. The van der Waals surface area contributed by atoms with Gasteiger partial charge in [0.05, 0.1) is 5.69 Å². The molecule has 1 aliphatic heterocycles. The fraction of sp³-hybridized carbons (Fsp3) is 0.400. The zero-order valence-corrected chi connectivity index (χ0v) is 14.5. The van der Waals surface area contributed by atoms with Gasteiger partial charge < -0.3 is 14.7 Å². The number of piperazine rings is 1. The Bertz CT molecular complexity index is 659. The number of nitrogens with zero attached hydrogens (tertiary/aromatic N) is 2. The lowest BCUT2D eigenvalue weighted by Gasteiger charge is -2.36. The highest BCUT2D eigenvalue weighted by molar-refractivity contribution is 5.57. The van der Waals surface area contributed by atoms with Gasteiger partial charge in [-0.3, -0.25) is 4.90 Å². The summed E-state index contributed by atoms with van der Waals surface area (Å²) < 4.78 is 5.91. The van der Waals surface area contributed by atoms with E-state index in [4.69, 9.17) is 4.74 Å². The quantitative estimate of drug-likeness (QED) is 0.915. The third-order valence-electron chi connectivity index (χ3n) is 4.47. The number of aryl methyl sites for hydroxylation is 2. The van der Waals surface area contributed by atoms with Gasteiger partial charge in [0.25, 0.3) is 0 Å². The molecule has 1 fully saturated rings. The van der Waals surface area contributed by atoms with Crippen molar-refractivity contribution in [1.29, 1.82) is 0 Å². The maximum Gasteiger partial charge on any atom is 0.138 e. The minimum atomic E-state index is 0.365. The Morgan fingerprint density at radius 1 is 0.958 bits per heavy atom. The van der Waals surface area contributed by atoms with E-state index in [0.717, 1.165) is 44.2 Å². The molecule has 0 unspecified atom stereocenters. The largest absolute Gasteiger partial charge is 0.506 e. The Hall–Kier alpha value is -2.20. The summed E-state index contributed by atoms with van der Waals surface area (Å²) >= 11 is 0. The number of hydrogen-bond acceptors (Lipinski definition) is 4. The van der Waals surface area contributed by atoms with Crippen LogP contribution >= 0.6 is 0 Å². The molecule has 2 aromatic carbocycles. The van der Waals surface area contributed by atoms with Crippen LogP contribution in [0.3, 0.4) is 0 Å². The van der Waals surface area contributed by atoms with E-state index in [2.05, 4.69) is 41.8 Å². The molecule has 24 heavy (non-hydrogen) atoms. The number of aromatic hydroxyl groups is 1. The van der Waals surface area contributed by atoms with Crippen molar-refractivity contribution >= 4 is 5.69 Å². The zero-order valence-electron chi connectivity index (χ0n) is 14.5. The third kappa shape index (κ3) is 4.20. The number of phenols is 1. The highest BCUT2D eigenvalue weighted by Crippen LogP contribution is 2.27. The van der Waals surface area contributed by atoms with E-state index in [9.17, 15) is 5.11 Å². The second-order valence-corrected chi connectivity index (χ2v) is 6.49. The molecule has 1 heterocycles. The number of rotatable bonds is 5. The van der Waals surface area contributed by atoms with Crippen molar-refractivity contribution in [3.63, 3.8) is 0 Å². The predicted molar refractivity (Wildman–Crippen MR) is 98.2 cm³/mol. The van der Waals surface area contributed by atoms with E-state index < -0.39 is 0 Å². The van der Waals surface area contributed by atoms with E-state index in [-0.39, 0.29) is 0 Å². The molecule has 2 aromatic rings. The molecule has 0 amide bonds. The monoisotopic (exact) mass is 326 g/mol. The van der Waals surface area contributed by atoms with Crippen LogP contribution in [0.4, 0.5) is 5.69 Å². The van der Waals surface area contributed by atoms with Crippen molar-refractivity contribution in [3.05, 3.63) is 53.6 Å². The first-order chi connectivity index (χ1) is 11.6. The lowest BCUT2D eigenvalue weighted by Crippen LogP contribution is -2.47. The predicted octanol–water partition coefficient (Wildman–Crippen LogP) is 3.21. The van der Waals surface area contributed by atoms with Crippen LogP contribution < -0.4 is 9.64 Å². The number of ether oxygens (including phenoxy) is 1. The van der Waals surface area contributed by atoms with Gasteiger partial charge in [0.2, 0.25) is 0 Å². The molecule has 1 saturated heterocycles. The highest BCUT2D eigenvalue weighted by atomic mass is 16.5. The minimum Gasteiger partial charge on any atom is -0.506 e. The average Bonchev–Trinajstić information content (AvgIpc) is 2.55. The highest BCUT2D eigenvalue weighted by Gasteiger charge is 2.18. The van der Waals surface area contributed by atoms with Gasteiger partial charge in [-0.05, 0) is 49.2 Å². The van der Waals surface area contributed by atoms with Gasteiger partial charge >= 0.3 is 0 Å². The lowest BCUT2D eigenvalue weighted by molar-refractivity contribution is 0.200. The van der Waals surface area contributed by atoms with Crippen LogP contribution in [-0.2, 0) is 0 Å². The molecule has 3 rings (SSSR count). The second kappa shape index (κ2) is 7.58. The van der Waals surface area contributed by atoms with E-state index >= 15 is 0 Å². The summed E-state index contributed by atoms with van der Waals surface area (Å²) in [5.41, 5.74) is 3.41. The molecule has 1 N–H and O–H groups in total. The van der Waals surface area contributed by atoms with Crippen LogP contribution in [0.15, 0.2) is 42.5 Å². The van der Waals surface area contributed by atoms with Crippen LogP contribution in [-0.4, -0.2) is 49.3 Å². The molecule has 4 heteroatoms. The standard InChI is InChI=1S/C20H26N2O2/c1-16-13-17(2)15-18(14-16)24-12-11-21-7-9-22(10-8-21)19-5-3-4-6-20(19)23/h3-6,13-15,23H,7-12H2,1-2H3. The maximum atomic E-state index is 9.97. The van der Waals surface area contributed by atoms with Crippen molar-refractivity contribution in [2.24, 2.45) is 0 Å². The van der Waals surface area contributed by atoms with E-state index in [1.165, 1.54) is 11.1 Å². The normalized spacial score (nSPS) is 15.5.